The first-order valence-corrected chi connectivity index (χ1v) is 19.8. The Hall–Kier alpha value is -7.16. The van der Waals surface area contributed by atoms with E-state index in [0.29, 0.717) is 0 Å². The van der Waals surface area contributed by atoms with Gasteiger partial charge in [0, 0.05) is 28.5 Å². The zero-order valence-electron chi connectivity index (χ0n) is 31.4. The van der Waals surface area contributed by atoms with Crippen LogP contribution in [0.1, 0.15) is 39.8 Å². The van der Waals surface area contributed by atoms with E-state index in [1.54, 1.807) is 0 Å². The number of nitrogens with zero attached hydrogens (tertiary/aromatic N) is 1. The van der Waals surface area contributed by atoms with Crippen molar-refractivity contribution < 1.29 is 4.74 Å². The highest BCUT2D eigenvalue weighted by atomic mass is 16.5. The zero-order valence-corrected chi connectivity index (χ0v) is 31.4. The molecule has 0 saturated heterocycles. The van der Waals surface area contributed by atoms with Gasteiger partial charge in [0.15, 0.2) is 0 Å². The molecule has 2 heteroatoms. The first-order chi connectivity index (χ1) is 28.3. The third kappa shape index (κ3) is 5.33. The summed E-state index contributed by atoms with van der Waals surface area (Å²) in [5.74, 6) is 1.05. The molecular formula is C55H39NO. The number of hydrogen-bond donors (Lipinski definition) is 0. The Morgan fingerprint density at radius 2 is 0.912 bits per heavy atom. The average molecular weight is 730 g/mol. The van der Waals surface area contributed by atoms with Crippen molar-refractivity contribution in [1.82, 2.24) is 0 Å². The molecule has 11 rings (SSSR count). The molecular weight excluding hydrogens is 691 g/mol. The largest absolute Gasteiger partial charge is 0.485 e. The minimum absolute atomic E-state index is 0.0659. The van der Waals surface area contributed by atoms with E-state index >= 15 is 0 Å². The summed E-state index contributed by atoms with van der Waals surface area (Å²) in [5, 5.41) is 2.44. The Balaban J connectivity index is 1.08. The number of hydrogen-bond acceptors (Lipinski definition) is 2. The Kier molecular flexibility index (Phi) is 7.89. The van der Waals surface area contributed by atoms with Crippen LogP contribution in [-0.4, -0.2) is 0 Å². The minimum atomic E-state index is -0.484. The van der Waals surface area contributed by atoms with Gasteiger partial charge in [-0.2, -0.15) is 0 Å². The summed E-state index contributed by atoms with van der Waals surface area (Å²) < 4.78 is 6.96. The number of benzene rings is 9. The summed E-state index contributed by atoms with van der Waals surface area (Å²) in [7, 11) is 0. The van der Waals surface area contributed by atoms with Crippen LogP contribution >= 0.6 is 0 Å². The molecule has 0 saturated carbocycles. The van der Waals surface area contributed by atoms with Crippen LogP contribution < -0.4 is 9.64 Å². The Morgan fingerprint density at radius 1 is 0.386 bits per heavy atom. The molecule has 0 bridgehead atoms. The highest BCUT2D eigenvalue weighted by Gasteiger charge is 2.60. The molecule has 2 atom stereocenters. The molecule has 9 aromatic rings. The van der Waals surface area contributed by atoms with Crippen molar-refractivity contribution in [2.24, 2.45) is 0 Å². The molecule has 0 amide bonds. The van der Waals surface area contributed by atoms with Crippen molar-refractivity contribution in [2.75, 3.05) is 4.90 Å². The zero-order chi connectivity index (χ0) is 37.8. The van der Waals surface area contributed by atoms with Crippen LogP contribution in [0.2, 0.25) is 0 Å². The van der Waals surface area contributed by atoms with Gasteiger partial charge >= 0.3 is 0 Å². The molecule has 2 nitrogen and oxygen atoms in total. The maximum absolute atomic E-state index is 6.96. The van der Waals surface area contributed by atoms with Gasteiger partial charge in [0.25, 0.3) is 0 Å². The minimum Gasteiger partial charge on any atom is -0.485 e. The van der Waals surface area contributed by atoms with E-state index < -0.39 is 5.41 Å². The second-order valence-electron chi connectivity index (χ2n) is 15.2. The average Bonchev–Trinajstić information content (AvgIpc) is 3.82. The number of anilines is 3. The second kappa shape index (κ2) is 13.5. The molecule has 0 N–H and O–H groups in total. The van der Waals surface area contributed by atoms with Crippen molar-refractivity contribution in [3.8, 4) is 28.0 Å². The predicted molar refractivity (Wildman–Crippen MR) is 235 cm³/mol. The first kappa shape index (κ1) is 33.2. The molecule has 2 unspecified atom stereocenters. The van der Waals surface area contributed by atoms with Gasteiger partial charge in [-0.1, -0.05) is 182 Å². The fraction of sp³-hybridized carbons (Fsp3) is 0.0545. The Morgan fingerprint density at radius 3 is 1.60 bits per heavy atom. The molecule has 2 aliphatic rings. The SMILES string of the molecule is c1ccc(-c2ccc(N(c3ccc(-c4cccc5c4C(c4ccccc4)(c4ccccc4)C4c6ccccc6OC54)cc3)c3ccc4ccccc4c3)cc2)cc1. The van der Waals surface area contributed by atoms with Gasteiger partial charge in [0.1, 0.15) is 11.9 Å². The van der Waals surface area contributed by atoms with Crippen LogP contribution in [0.3, 0.4) is 0 Å². The standard InChI is InChI=1S/C55H39NO/c1-4-15-38(16-5-1)40-27-32-45(33-28-40)56(47-36-29-39-17-10-11-18-42(39)37-47)46-34-30-41(31-35-46)48-24-14-25-50-52(48)55(43-19-6-2-7-20-43,44-21-8-3-9-22-44)53-49-23-12-13-26-51(49)57-54(50)53/h1-37,53-54H. The van der Waals surface area contributed by atoms with Gasteiger partial charge in [-0.3, -0.25) is 0 Å². The highest BCUT2D eigenvalue weighted by Crippen LogP contribution is 2.67. The van der Waals surface area contributed by atoms with E-state index in [2.05, 4.69) is 229 Å². The van der Waals surface area contributed by atoms with Crippen molar-refractivity contribution >= 4 is 27.8 Å². The van der Waals surface area contributed by atoms with Crippen molar-refractivity contribution in [2.45, 2.75) is 17.4 Å². The maximum Gasteiger partial charge on any atom is 0.133 e. The third-order valence-electron chi connectivity index (χ3n) is 12.2. The van der Waals surface area contributed by atoms with E-state index in [-0.39, 0.29) is 12.0 Å². The number of fused-ring (bicyclic) bond motifs is 6. The molecule has 0 spiro atoms. The monoisotopic (exact) mass is 729 g/mol. The van der Waals surface area contributed by atoms with Crippen molar-refractivity contribution in [1.29, 1.82) is 0 Å². The molecule has 9 aromatic carbocycles. The summed E-state index contributed by atoms with van der Waals surface area (Å²) >= 11 is 0. The van der Waals surface area contributed by atoms with E-state index in [9.17, 15) is 0 Å². The van der Waals surface area contributed by atoms with Crippen molar-refractivity contribution in [3.63, 3.8) is 0 Å². The lowest BCUT2D eigenvalue weighted by molar-refractivity contribution is 0.207. The highest BCUT2D eigenvalue weighted by molar-refractivity contribution is 5.90. The van der Waals surface area contributed by atoms with Gasteiger partial charge < -0.3 is 9.64 Å². The van der Waals surface area contributed by atoms with Gasteiger partial charge in [-0.15, -0.1) is 0 Å². The summed E-state index contributed by atoms with van der Waals surface area (Å²) in [6, 6.07) is 81.7. The number of ether oxygens (including phenoxy) is 1. The van der Waals surface area contributed by atoms with Crippen molar-refractivity contribution in [3.05, 3.63) is 252 Å². The second-order valence-corrected chi connectivity index (χ2v) is 15.2. The normalized spacial score (nSPS) is 16.0. The van der Waals surface area contributed by atoms with Crippen LogP contribution in [-0.2, 0) is 5.41 Å². The van der Waals surface area contributed by atoms with E-state index in [1.807, 2.05) is 0 Å². The summed E-state index contributed by atoms with van der Waals surface area (Å²) in [6.07, 6.45) is -0.112. The first-order valence-electron chi connectivity index (χ1n) is 19.8. The smallest absolute Gasteiger partial charge is 0.133 e. The molecule has 0 radical (unpaired) electrons. The van der Waals surface area contributed by atoms with Crippen LogP contribution in [0, 0.1) is 0 Å². The summed E-state index contributed by atoms with van der Waals surface area (Å²) in [6.45, 7) is 0. The maximum atomic E-state index is 6.96. The number of para-hydroxylation sites is 1. The summed E-state index contributed by atoms with van der Waals surface area (Å²) in [5.41, 5.74) is 14.0. The molecule has 1 aliphatic carbocycles. The lowest BCUT2D eigenvalue weighted by atomic mass is 9.62. The fourth-order valence-corrected chi connectivity index (χ4v) is 9.76. The Labute approximate surface area is 333 Å². The topological polar surface area (TPSA) is 12.5 Å². The lowest BCUT2D eigenvalue weighted by Crippen LogP contribution is -2.33. The number of rotatable bonds is 7. The molecule has 1 heterocycles. The van der Waals surface area contributed by atoms with Gasteiger partial charge in [0.05, 0.1) is 5.41 Å². The van der Waals surface area contributed by atoms with Gasteiger partial charge in [-0.25, -0.2) is 0 Å². The predicted octanol–water partition coefficient (Wildman–Crippen LogP) is 14.2. The third-order valence-corrected chi connectivity index (χ3v) is 12.2. The molecule has 57 heavy (non-hydrogen) atoms. The van der Waals surface area contributed by atoms with E-state index in [4.69, 9.17) is 4.74 Å². The molecule has 270 valence electrons. The van der Waals surface area contributed by atoms with E-state index in [0.717, 1.165) is 22.8 Å². The van der Waals surface area contributed by atoms with Crippen LogP contribution in [0.5, 0.6) is 5.75 Å². The van der Waals surface area contributed by atoms with Gasteiger partial charge in [-0.05, 0) is 97.7 Å². The van der Waals surface area contributed by atoms with Crippen LogP contribution in [0.4, 0.5) is 17.1 Å². The van der Waals surface area contributed by atoms with Crippen LogP contribution in [0.25, 0.3) is 33.0 Å². The summed E-state index contributed by atoms with van der Waals surface area (Å²) in [4.78, 5) is 2.37. The molecule has 0 aromatic heterocycles. The van der Waals surface area contributed by atoms with E-state index in [1.165, 1.54) is 60.8 Å². The van der Waals surface area contributed by atoms with Gasteiger partial charge in [0.2, 0.25) is 0 Å². The Bertz CT molecular complexity index is 2830. The van der Waals surface area contributed by atoms with Crippen LogP contribution in [0.15, 0.2) is 224 Å². The quantitative estimate of drug-likeness (QED) is 0.162. The molecule has 0 fully saturated rings. The fourth-order valence-electron chi connectivity index (χ4n) is 9.76. The molecule has 1 aliphatic heterocycles. The lowest BCUT2D eigenvalue weighted by Gasteiger charge is -2.38.